The van der Waals surface area contributed by atoms with Crippen LogP contribution in [0.4, 0.5) is 5.69 Å². The minimum atomic E-state index is -0.00250. The van der Waals surface area contributed by atoms with Crippen molar-refractivity contribution in [2.75, 3.05) is 25.0 Å². The molecule has 1 fully saturated rings. The summed E-state index contributed by atoms with van der Waals surface area (Å²) in [7, 11) is 3.71. The van der Waals surface area contributed by atoms with E-state index in [0.29, 0.717) is 6.54 Å². The van der Waals surface area contributed by atoms with Crippen LogP contribution in [-0.4, -0.2) is 40.7 Å². The first-order chi connectivity index (χ1) is 12.1. The number of rotatable bonds is 5. The molecular formula is C20H26N4O. The van der Waals surface area contributed by atoms with Crippen molar-refractivity contribution in [3.05, 3.63) is 53.9 Å². The monoisotopic (exact) mass is 338 g/mol. The minimum Gasteiger partial charge on any atom is -0.371 e. The largest absolute Gasteiger partial charge is 0.371 e. The van der Waals surface area contributed by atoms with Gasteiger partial charge >= 0.3 is 0 Å². The third-order valence-corrected chi connectivity index (χ3v) is 4.62. The maximum absolute atomic E-state index is 12.4. The second-order valence-corrected chi connectivity index (χ2v) is 6.65. The number of hydrogen-bond donors (Lipinski definition) is 0. The van der Waals surface area contributed by atoms with Gasteiger partial charge in [-0.05, 0) is 37.0 Å². The van der Waals surface area contributed by atoms with Crippen molar-refractivity contribution in [2.24, 2.45) is 7.05 Å². The first kappa shape index (κ1) is 17.3. The van der Waals surface area contributed by atoms with E-state index in [1.54, 1.807) is 21.9 Å². The van der Waals surface area contributed by atoms with E-state index in [4.69, 9.17) is 0 Å². The molecule has 0 N–H and O–H groups in total. The Hall–Kier alpha value is -2.56. The molecule has 1 aliphatic heterocycles. The summed E-state index contributed by atoms with van der Waals surface area (Å²) in [6.45, 7) is 2.83. The van der Waals surface area contributed by atoms with Crippen molar-refractivity contribution in [1.82, 2.24) is 14.7 Å². The number of aryl methyl sites for hydroxylation is 1. The van der Waals surface area contributed by atoms with Crippen molar-refractivity contribution < 1.29 is 4.79 Å². The molecule has 2 heterocycles. The van der Waals surface area contributed by atoms with Crippen LogP contribution in [0.15, 0.2) is 42.7 Å². The molecule has 0 spiro atoms. The lowest BCUT2D eigenvalue weighted by Gasteiger charge is -2.31. The molecule has 1 aromatic carbocycles. The standard InChI is InChI=1S/C20H26N4O/c1-22(20(25)11-10-17-14-21-23(2)15-17)16-18-8-4-5-9-19(18)24-12-6-3-7-13-24/h4-5,8-11,14-15H,3,6-7,12-13,16H2,1-2H3. The van der Waals surface area contributed by atoms with Gasteiger partial charge in [0.05, 0.1) is 6.20 Å². The summed E-state index contributed by atoms with van der Waals surface area (Å²) >= 11 is 0. The van der Waals surface area contributed by atoms with Crippen LogP contribution in [-0.2, 0) is 18.4 Å². The molecule has 1 saturated heterocycles. The molecule has 1 aliphatic rings. The van der Waals surface area contributed by atoms with Crippen LogP contribution in [0.1, 0.15) is 30.4 Å². The molecule has 5 nitrogen and oxygen atoms in total. The fourth-order valence-electron chi connectivity index (χ4n) is 3.24. The van der Waals surface area contributed by atoms with Gasteiger partial charge < -0.3 is 9.80 Å². The molecule has 132 valence electrons. The van der Waals surface area contributed by atoms with Crippen molar-refractivity contribution in [1.29, 1.82) is 0 Å². The molecule has 1 aromatic heterocycles. The lowest BCUT2D eigenvalue weighted by molar-refractivity contribution is -0.125. The highest BCUT2D eigenvalue weighted by atomic mass is 16.2. The van der Waals surface area contributed by atoms with Gasteiger partial charge in [-0.3, -0.25) is 9.48 Å². The van der Waals surface area contributed by atoms with E-state index in [1.807, 2.05) is 32.4 Å². The lowest BCUT2D eigenvalue weighted by Crippen LogP contribution is -2.31. The van der Waals surface area contributed by atoms with Gasteiger partial charge in [0, 0.05) is 57.3 Å². The summed E-state index contributed by atoms with van der Waals surface area (Å²) in [5.74, 6) is -0.00250. The molecule has 1 amide bonds. The van der Waals surface area contributed by atoms with E-state index >= 15 is 0 Å². The zero-order valence-electron chi connectivity index (χ0n) is 15.1. The Morgan fingerprint density at radius 3 is 2.72 bits per heavy atom. The number of likely N-dealkylation sites (N-methyl/N-ethyl adjacent to an activating group) is 1. The average Bonchev–Trinajstić information content (AvgIpc) is 3.06. The third-order valence-electron chi connectivity index (χ3n) is 4.62. The highest BCUT2D eigenvalue weighted by Gasteiger charge is 2.16. The predicted molar refractivity (Wildman–Crippen MR) is 101 cm³/mol. The van der Waals surface area contributed by atoms with E-state index in [1.165, 1.54) is 30.5 Å². The SMILES string of the molecule is CN(Cc1ccccc1N1CCCCC1)C(=O)C=Cc1cnn(C)c1. The molecule has 0 unspecified atom stereocenters. The smallest absolute Gasteiger partial charge is 0.246 e. The fourth-order valence-corrected chi connectivity index (χ4v) is 3.24. The summed E-state index contributed by atoms with van der Waals surface area (Å²) in [4.78, 5) is 16.6. The van der Waals surface area contributed by atoms with Gasteiger partial charge in [-0.1, -0.05) is 18.2 Å². The average molecular weight is 338 g/mol. The summed E-state index contributed by atoms with van der Waals surface area (Å²) < 4.78 is 1.72. The Morgan fingerprint density at radius 1 is 1.24 bits per heavy atom. The van der Waals surface area contributed by atoms with Gasteiger partial charge in [0.2, 0.25) is 5.91 Å². The van der Waals surface area contributed by atoms with E-state index in [9.17, 15) is 4.79 Å². The van der Waals surface area contributed by atoms with Crippen LogP contribution >= 0.6 is 0 Å². The zero-order valence-corrected chi connectivity index (χ0v) is 15.1. The number of hydrogen-bond acceptors (Lipinski definition) is 3. The molecule has 0 saturated carbocycles. The van der Waals surface area contributed by atoms with E-state index in [-0.39, 0.29) is 5.91 Å². The zero-order chi connectivity index (χ0) is 17.6. The van der Waals surface area contributed by atoms with Crippen LogP contribution in [0.5, 0.6) is 0 Å². The molecule has 3 rings (SSSR count). The first-order valence-electron chi connectivity index (χ1n) is 8.88. The molecule has 5 heteroatoms. The summed E-state index contributed by atoms with van der Waals surface area (Å²) in [6, 6.07) is 8.42. The number of piperidine rings is 1. The predicted octanol–water partition coefficient (Wildman–Crippen LogP) is 3.08. The number of anilines is 1. The van der Waals surface area contributed by atoms with Crippen molar-refractivity contribution in [2.45, 2.75) is 25.8 Å². The highest BCUT2D eigenvalue weighted by molar-refractivity contribution is 5.91. The molecular weight excluding hydrogens is 312 g/mol. The minimum absolute atomic E-state index is 0.00250. The normalized spacial score (nSPS) is 14.9. The van der Waals surface area contributed by atoms with Gasteiger partial charge in [-0.25, -0.2) is 0 Å². The number of amides is 1. The molecule has 0 radical (unpaired) electrons. The molecule has 0 aliphatic carbocycles. The molecule has 0 bridgehead atoms. The summed E-state index contributed by atoms with van der Waals surface area (Å²) in [5.41, 5.74) is 3.39. The number of nitrogens with zero attached hydrogens (tertiary/aromatic N) is 4. The molecule has 2 aromatic rings. The maximum Gasteiger partial charge on any atom is 0.246 e. The van der Waals surface area contributed by atoms with Crippen molar-refractivity contribution in [3.8, 4) is 0 Å². The Morgan fingerprint density at radius 2 is 2.00 bits per heavy atom. The second kappa shape index (κ2) is 8.01. The third kappa shape index (κ3) is 4.50. The Kier molecular flexibility index (Phi) is 5.53. The van der Waals surface area contributed by atoms with Gasteiger partial charge in [0.15, 0.2) is 0 Å². The van der Waals surface area contributed by atoms with Gasteiger partial charge in [-0.15, -0.1) is 0 Å². The molecule has 0 atom stereocenters. The molecule has 25 heavy (non-hydrogen) atoms. The van der Waals surface area contributed by atoms with Crippen LogP contribution in [0.2, 0.25) is 0 Å². The number of benzene rings is 1. The number of carbonyl (C=O) groups is 1. The van der Waals surface area contributed by atoms with Crippen LogP contribution in [0.3, 0.4) is 0 Å². The Bertz CT molecular complexity index is 744. The second-order valence-electron chi connectivity index (χ2n) is 6.65. The van der Waals surface area contributed by atoms with Crippen molar-refractivity contribution >= 4 is 17.7 Å². The summed E-state index contributed by atoms with van der Waals surface area (Å²) in [5, 5.41) is 4.11. The number of aromatic nitrogens is 2. The topological polar surface area (TPSA) is 41.4 Å². The van der Waals surface area contributed by atoms with Crippen molar-refractivity contribution in [3.63, 3.8) is 0 Å². The van der Waals surface area contributed by atoms with Gasteiger partial charge in [-0.2, -0.15) is 5.10 Å². The van der Waals surface area contributed by atoms with Crippen LogP contribution in [0, 0.1) is 0 Å². The Balaban J connectivity index is 1.67. The van der Waals surface area contributed by atoms with E-state index in [0.717, 1.165) is 18.7 Å². The summed E-state index contributed by atoms with van der Waals surface area (Å²) in [6.07, 6.45) is 10.9. The Labute approximate surface area is 149 Å². The quantitative estimate of drug-likeness (QED) is 0.787. The lowest BCUT2D eigenvalue weighted by atomic mass is 10.1. The maximum atomic E-state index is 12.4. The van der Waals surface area contributed by atoms with E-state index in [2.05, 4.69) is 28.2 Å². The van der Waals surface area contributed by atoms with E-state index < -0.39 is 0 Å². The van der Waals surface area contributed by atoms with Crippen LogP contribution < -0.4 is 4.90 Å². The van der Waals surface area contributed by atoms with Gasteiger partial charge in [0.25, 0.3) is 0 Å². The number of carbonyl (C=O) groups excluding carboxylic acids is 1. The highest BCUT2D eigenvalue weighted by Crippen LogP contribution is 2.25. The fraction of sp³-hybridized carbons (Fsp3) is 0.400. The van der Waals surface area contributed by atoms with Crippen LogP contribution in [0.25, 0.3) is 6.08 Å². The number of para-hydroxylation sites is 1. The van der Waals surface area contributed by atoms with Gasteiger partial charge in [0.1, 0.15) is 0 Å². The first-order valence-corrected chi connectivity index (χ1v) is 8.88.